The first-order valence-corrected chi connectivity index (χ1v) is 5.11. The van der Waals surface area contributed by atoms with Crippen molar-refractivity contribution in [1.82, 2.24) is 4.98 Å². The van der Waals surface area contributed by atoms with Crippen LogP contribution in [0.5, 0.6) is 10.3 Å². The molecule has 0 aliphatic carbocycles. The van der Waals surface area contributed by atoms with Crippen LogP contribution in [0.25, 0.3) is 0 Å². The normalized spacial score (nSPS) is 11.7. The van der Waals surface area contributed by atoms with E-state index in [1.54, 1.807) is 0 Å². The third-order valence-corrected chi connectivity index (χ3v) is 2.16. The van der Waals surface area contributed by atoms with Crippen LogP contribution in [0.1, 0.15) is 33.4 Å². The molecule has 0 aromatic carbocycles. The van der Waals surface area contributed by atoms with E-state index >= 15 is 0 Å². The van der Waals surface area contributed by atoms with Gasteiger partial charge in [0.2, 0.25) is 0 Å². The Morgan fingerprint density at radius 1 is 1.46 bits per heavy atom. The van der Waals surface area contributed by atoms with Crippen LogP contribution in [0.4, 0.5) is 0 Å². The fourth-order valence-electron chi connectivity index (χ4n) is 0.858. The molecule has 1 aromatic rings. The molecule has 0 amide bonds. The highest BCUT2D eigenvalue weighted by Crippen LogP contribution is 2.33. The molecular formula is C9H15NO2S. The Morgan fingerprint density at radius 2 is 2.08 bits per heavy atom. The molecule has 74 valence electrons. The molecule has 1 aromatic heterocycles. The van der Waals surface area contributed by atoms with Gasteiger partial charge in [0, 0.05) is 0 Å². The zero-order chi connectivity index (χ0) is 10.1. The largest absolute Gasteiger partial charge is 0.498 e. The third-order valence-electron chi connectivity index (χ3n) is 1.39. The van der Waals surface area contributed by atoms with E-state index in [-0.39, 0.29) is 10.7 Å². The zero-order valence-corrected chi connectivity index (χ0v) is 9.23. The van der Waals surface area contributed by atoms with Crippen LogP contribution in [0, 0.1) is 0 Å². The summed E-state index contributed by atoms with van der Waals surface area (Å²) in [6, 6.07) is 0. The van der Waals surface area contributed by atoms with Gasteiger partial charge < -0.3 is 9.84 Å². The smallest absolute Gasteiger partial charge is 0.277 e. The first-order chi connectivity index (χ1) is 5.92. The topological polar surface area (TPSA) is 42.4 Å². The number of hydrogen-bond acceptors (Lipinski definition) is 4. The highest BCUT2D eigenvalue weighted by Gasteiger charge is 2.16. The van der Waals surface area contributed by atoms with Gasteiger partial charge in [0.25, 0.3) is 5.19 Å². The SMILES string of the molecule is CCc1nc(OC(C)(C)C)sc1O. The van der Waals surface area contributed by atoms with Crippen LogP contribution in [0.2, 0.25) is 0 Å². The maximum absolute atomic E-state index is 9.40. The van der Waals surface area contributed by atoms with Crippen molar-refractivity contribution in [3.63, 3.8) is 0 Å². The van der Waals surface area contributed by atoms with Crippen molar-refractivity contribution in [2.24, 2.45) is 0 Å². The second kappa shape index (κ2) is 3.54. The molecule has 0 saturated carbocycles. The van der Waals surface area contributed by atoms with Crippen LogP contribution >= 0.6 is 11.3 Å². The number of thiazole rings is 1. The summed E-state index contributed by atoms with van der Waals surface area (Å²) in [5, 5.41) is 10.2. The van der Waals surface area contributed by atoms with Crippen LogP contribution in [-0.2, 0) is 6.42 Å². The summed E-state index contributed by atoms with van der Waals surface area (Å²) in [7, 11) is 0. The minimum Gasteiger partial charge on any atom is -0.498 e. The lowest BCUT2D eigenvalue weighted by atomic mass is 10.2. The van der Waals surface area contributed by atoms with E-state index in [2.05, 4.69) is 4.98 Å². The van der Waals surface area contributed by atoms with E-state index in [1.165, 1.54) is 11.3 Å². The number of hydrogen-bond donors (Lipinski definition) is 1. The van der Waals surface area contributed by atoms with E-state index in [4.69, 9.17) is 4.74 Å². The van der Waals surface area contributed by atoms with E-state index in [0.29, 0.717) is 10.9 Å². The molecular weight excluding hydrogens is 186 g/mol. The minimum atomic E-state index is -0.255. The minimum absolute atomic E-state index is 0.255. The molecule has 0 fully saturated rings. The lowest BCUT2D eigenvalue weighted by Gasteiger charge is -2.18. The summed E-state index contributed by atoms with van der Waals surface area (Å²) < 4.78 is 5.51. The Labute approximate surface area is 82.4 Å². The molecule has 0 unspecified atom stereocenters. The first kappa shape index (κ1) is 10.3. The molecule has 4 heteroatoms. The van der Waals surface area contributed by atoms with Gasteiger partial charge in [-0.1, -0.05) is 6.92 Å². The predicted molar refractivity (Wildman–Crippen MR) is 53.5 cm³/mol. The molecule has 0 aliphatic rings. The van der Waals surface area contributed by atoms with Crippen molar-refractivity contribution in [2.45, 2.75) is 39.7 Å². The molecule has 3 nitrogen and oxygen atoms in total. The monoisotopic (exact) mass is 201 g/mol. The van der Waals surface area contributed by atoms with Crippen molar-refractivity contribution in [3.05, 3.63) is 5.69 Å². The molecule has 0 aliphatic heterocycles. The summed E-state index contributed by atoms with van der Waals surface area (Å²) in [5.74, 6) is 0. The Morgan fingerprint density at radius 3 is 2.46 bits per heavy atom. The second-order valence-electron chi connectivity index (χ2n) is 3.80. The maximum Gasteiger partial charge on any atom is 0.277 e. The molecule has 1 heterocycles. The summed E-state index contributed by atoms with van der Waals surface area (Å²) in [4.78, 5) is 4.16. The number of ether oxygens (including phenoxy) is 1. The van der Waals surface area contributed by atoms with Gasteiger partial charge >= 0.3 is 0 Å². The highest BCUT2D eigenvalue weighted by atomic mass is 32.1. The van der Waals surface area contributed by atoms with E-state index < -0.39 is 0 Å². The van der Waals surface area contributed by atoms with Gasteiger partial charge in [-0.2, -0.15) is 0 Å². The Balaban J connectivity index is 2.80. The van der Waals surface area contributed by atoms with Crippen LogP contribution in [-0.4, -0.2) is 15.7 Å². The Hall–Kier alpha value is -0.770. The third kappa shape index (κ3) is 2.88. The van der Waals surface area contributed by atoms with Crippen molar-refractivity contribution < 1.29 is 9.84 Å². The molecule has 0 radical (unpaired) electrons. The van der Waals surface area contributed by atoms with Crippen LogP contribution in [0.3, 0.4) is 0 Å². The number of rotatable bonds is 2. The Kier molecular flexibility index (Phi) is 2.81. The number of nitrogens with zero attached hydrogens (tertiary/aromatic N) is 1. The van der Waals surface area contributed by atoms with Gasteiger partial charge in [-0.15, -0.1) is 0 Å². The molecule has 0 atom stereocenters. The van der Waals surface area contributed by atoms with Crippen LogP contribution < -0.4 is 4.74 Å². The predicted octanol–water partition coefficient (Wildman–Crippen LogP) is 2.59. The van der Waals surface area contributed by atoms with Crippen molar-refractivity contribution in [3.8, 4) is 10.3 Å². The van der Waals surface area contributed by atoms with E-state index in [0.717, 1.165) is 6.42 Å². The number of aromatic nitrogens is 1. The summed E-state index contributed by atoms with van der Waals surface area (Å²) in [6.07, 6.45) is 0.732. The van der Waals surface area contributed by atoms with Gasteiger partial charge in [0.05, 0.1) is 5.69 Å². The standard InChI is InChI=1S/C9H15NO2S/c1-5-6-7(11)13-8(10-6)12-9(2,3)4/h11H,5H2,1-4H3. The summed E-state index contributed by atoms with van der Waals surface area (Å²) in [6.45, 7) is 7.82. The lowest BCUT2D eigenvalue weighted by molar-refractivity contribution is 0.130. The van der Waals surface area contributed by atoms with Gasteiger partial charge in [-0.05, 0) is 38.5 Å². The second-order valence-corrected chi connectivity index (χ2v) is 4.74. The summed E-state index contributed by atoms with van der Waals surface area (Å²) in [5.41, 5.74) is 0.458. The molecule has 13 heavy (non-hydrogen) atoms. The van der Waals surface area contributed by atoms with Crippen molar-refractivity contribution in [2.75, 3.05) is 0 Å². The first-order valence-electron chi connectivity index (χ1n) is 4.30. The van der Waals surface area contributed by atoms with Crippen molar-refractivity contribution in [1.29, 1.82) is 0 Å². The molecule has 1 rings (SSSR count). The summed E-state index contributed by atoms with van der Waals surface area (Å²) >= 11 is 1.19. The van der Waals surface area contributed by atoms with Gasteiger partial charge in [-0.25, -0.2) is 4.98 Å². The Bertz CT molecular complexity index is 288. The zero-order valence-electron chi connectivity index (χ0n) is 8.42. The fraction of sp³-hybridized carbons (Fsp3) is 0.667. The average Bonchev–Trinajstić information content (AvgIpc) is 2.26. The molecule has 0 bridgehead atoms. The van der Waals surface area contributed by atoms with Crippen molar-refractivity contribution >= 4 is 11.3 Å². The highest BCUT2D eigenvalue weighted by molar-refractivity contribution is 7.15. The lowest BCUT2D eigenvalue weighted by Crippen LogP contribution is -2.22. The van der Waals surface area contributed by atoms with E-state index in [1.807, 2.05) is 27.7 Å². The quantitative estimate of drug-likeness (QED) is 0.799. The fourth-order valence-corrected chi connectivity index (χ4v) is 1.78. The maximum atomic E-state index is 9.40. The molecule has 0 saturated heterocycles. The van der Waals surface area contributed by atoms with Gasteiger partial charge in [-0.3, -0.25) is 0 Å². The number of aromatic hydroxyl groups is 1. The van der Waals surface area contributed by atoms with Crippen LogP contribution in [0.15, 0.2) is 0 Å². The van der Waals surface area contributed by atoms with Gasteiger partial charge in [0.1, 0.15) is 5.60 Å². The molecule has 0 spiro atoms. The van der Waals surface area contributed by atoms with E-state index in [9.17, 15) is 5.11 Å². The average molecular weight is 201 g/mol. The molecule has 1 N–H and O–H groups in total. The van der Waals surface area contributed by atoms with Gasteiger partial charge in [0.15, 0.2) is 5.06 Å². The number of aryl methyl sites for hydroxylation is 1.